The van der Waals surface area contributed by atoms with Crippen LogP contribution in [0.2, 0.25) is 0 Å². The van der Waals surface area contributed by atoms with E-state index in [1.807, 2.05) is 0 Å². The van der Waals surface area contributed by atoms with E-state index < -0.39 is 0 Å². The van der Waals surface area contributed by atoms with Crippen LogP contribution in [0.25, 0.3) is 0 Å². The number of halogens is 1. The summed E-state index contributed by atoms with van der Waals surface area (Å²) in [6.45, 7) is 8.64. The minimum atomic E-state index is 0. The summed E-state index contributed by atoms with van der Waals surface area (Å²) in [5.74, 6) is 0.753. The number of likely N-dealkylation sites (tertiary alicyclic amines) is 1. The fraction of sp³-hybridized carbons (Fsp3) is 0.632. The lowest BCUT2D eigenvalue weighted by Gasteiger charge is -2.36. The Morgan fingerprint density at radius 1 is 0.920 bits per heavy atom. The van der Waals surface area contributed by atoms with Gasteiger partial charge in [-0.3, -0.25) is 9.89 Å². The molecule has 1 aromatic rings. The first-order valence-electron chi connectivity index (χ1n) is 9.40. The summed E-state index contributed by atoms with van der Waals surface area (Å²) in [6, 6.07) is 10.7. The van der Waals surface area contributed by atoms with Crippen molar-refractivity contribution in [2.75, 3.05) is 57.3 Å². The molecule has 0 amide bonds. The number of benzene rings is 1. The first kappa shape index (κ1) is 20.3. The van der Waals surface area contributed by atoms with E-state index in [0.29, 0.717) is 0 Å². The van der Waals surface area contributed by atoms with E-state index in [9.17, 15) is 0 Å². The Balaban J connectivity index is 0.00000225. The molecule has 6 heteroatoms. The average Bonchev–Trinajstić information content (AvgIpc) is 2.67. The van der Waals surface area contributed by atoms with Crippen LogP contribution in [-0.4, -0.2) is 68.1 Å². The van der Waals surface area contributed by atoms with Gasteiger partial charge in [-0.1, -0.05) is 18.2 Å². The molecule has 5 nitrogen and oxygen atoms in total. The lowest BCUT2D eigenvalue weighted by atomic mass is 10.1. The minimum absolute atomic E-state index is 0. The Hall–Kier alpha value is -1.02. The predicted octanol–water partition coefficient (Wildman–Crippen LogP) is 2.62. The molecule has 0 radical (unpaired) electrons. The molecule has 0 saturated carbocycles. The van der Waals surface area contributed by atoms with Crippen LogP contribution >= 0.6 is 24.0 Å². The van der Waals surface area contributed by atoms with Crippen molar-refractivity contribution >= 4 is 35.6 Å². The van der Waals surface area contributed by atoms with Gasteiger partial charge in [-0.25, -0.2) is 0 Å². The molecule has 2 heterocycles. The van der Waals surface area contributed by atoms with Crippen LogP contribution in [0.5, 0.6) is 0 Å². The Kier molecular flexibility index (Phi) is 8.81. The molecule has 0 spiro atoms. The molecule has 2 N–H and O–H groups in total. The highest BCUT2D eigenvalue weighted by Crippen LogP contribution is 2.15. The fourth-order valence-corrected chi connectivity index (χ4v) is 3.58. The largest absolute Gasteiger partial charge is 0.370 e. The monoisotopic (exact) mass is 457 g/mol. The van der Waals surface area contributed by atoms with Gasteiger partial charge < -0.3 is 15.5 Å². The summed E-state index contributed by atoms with van der Waals surface area (Å²) in [6.07, 6.45) is 4.93. The van der Waals surface area contributed by atoms with Gasteiger partial charge in [-0.05, 0) is 37.8 Å². The number of piperidine rings is 1. The van der Waals surface area contributed by atoms with Gasteiger partial charge in [0.1, 0.15) is 0 Å². The zero-order valence-electron chi connectivity index (χ0n) is 15.1. The number of para-hydroxylation sites is 1. The first-order chi connectivity index (χ1) is 11.8. The molecule has 140 valence electrons. The third-order valence-electron chi connectivity index (χ3n) is 5.08. The van der Waals surface area contributed by atoms with Gasteiger partial charge in [-0.15, -0.1) is 24.0 Å². The van der Waals surface area contributed by atoms with E-state index in [0.717, 1.165) is 64.7 Å². The number of guanidine groups is 1. The number of nitrogens with zero attached hydrogens (tertiary/aromatic N) is 4. The van der Waals surface area contributed by atoms with Crippen molar-refractivity contribution in [2.24, 2.45) is 10.7 Å². The highest BCUT2D eigenvalue weighted by atomic mass is 127. The zero-order chi connectivity index (χ0) is 16.6. The molecule has 3 rings (SSSR count). The number of rotatable bonds is 5. The highest BCUT2D eigenvalue weighted by Gasteiger charge is 2.16. The summed E-state index contributed by atoms with van der Waals surface area (Å²) in [5.41, 5.74) is 7.45. The summed E-state index contributed by atoms with van der Waals surface area (Å²) in [7, 11) is 0. The van der Waals surface area contributed by atoms with Crippen molar-refractivity contribution in [3.8, 4) is 0 Å². The Bertz CT molecular complexity index is 508. The van der Waals surface area contributed by atoms with E-state index in [4.69, 9.17) is 5.73 Å². The van der Waals surface area contributed by atoms with Crippen molar-refractivity contribution in [3.63, 3.8) is 0 Å². The summed E-state index contributed by atoms with van der Waals surface area (Å²) in [5, 5.41) is 0. The lowest BCUT2D eigenvalue weighted by molar-refractivity contribution is 0.256. The van der Waals surface area contributed by atoms with Crippen molar-refractivity contribution in [1.29, 1.82) is 0 Å². The third kappa shape index (κ3) is 6.33. The van der Waals surface area contributed by atoms with Gasteiger partial charge in [0.15, 0.2) is 5.96 Å². The Labute approximate surface area is 169 Å². The quantitative estimate of drug-likeness (QED) is 0.320. The second-order valence-electron chi connectivity index (χ2n) is 6.81. The maximum atomic E-state index is 6.11. The maximum absolute atomic E-state index is 6.11. The molecule has 2 saturated heterocycles. The van der Waals surface area contributed by atoms with Crippen molar-refractivity contribution in [3.05, 3.63) is 30.3 Å². The lowest BCUT2D eigenvalue weighted by Crippen LogP contribution is -2.46. The van der Waals surface area contributed by atoms with Crippen LogP contribution in [0.3, 0.4) is 0 Å². The van der Waals surface area contributed by atoms with Crippen molar-refractivity contribution < 1.29 is 0 Å². The van der Waals surface area contributed by atoms with Gasteiger partial charge in [0.25, 0.3) is 0 Å². The fourth-order valence-electron chi connectivity index (χ4n) is 3.58. The molecule has 0 bridgehead atoms. The van der Waals surface area contributed by atoms with Gasteiger partial charge in [-0.2, -0.15) is 0 Å². The van der Waals surface area contributed by atoms with Crippen LogP contribution in [0.15, 0.2) is 35.3 Å². The second-order valence-corrected chi connectivity index (χ2v) is 6.81. The molecule has 2 aliphatic heterocycles. The first-order valence-corrected chi connectivity index (χ1v) is 9.40. The number of piperazine rings is 1. The van der Waals surface area contributed by atoms with Crippen LogP contribution in [0.4, 0.5) is 5.69 Å². The maximum Gasteiger partial charge on any atom is 0.191 e. The topological polar surface area (TPSA) is 48.1 Å². The average molecular weight is 457 g/mol. The third-order valence-corrected chi connectivity index (χ3v) is 5.08. The van der Waals surface area contributed by atoms with Gasteiger partial charge in [0, 0.05) is 58.0 Å². The number of nitrogens with two attached hydrogens (primary N) is 1. The number of hydrogen-bond acceptors (Lipinski definition) is 3. The Morgan fingerprint density at radius 3 is 2.28 bits per heavy atom. The molecule has 1 aromatic carbocycles. The summed E-state index contributed by atoms with van der Waals surface area (Å²) in [4.78, 5) is 11.8. The van der Waals surface area contributed by atoms with E-state index >= 15 is 0 Å². The molecule has 0 aliphatic carbocycles. The second kappa shape index (κ2) is 10.9. The van der Waals surface area contributed by atoms with E-state index in [2.05, 4.69) is 50.0 Å². The van der Waals surface area contributed by atoms with Crippen LogP contribution in [-0.2, 0) is 0 Å². The van der Waals surface area contributed by atoms with Crippen LogP contribution < -0.4 is 10.6 Å². The van der Waals surface area contributed by atoms with Gasteiger partial charge in [0.05, 0.1) is 0 Å². The highest BCUT2D eigenvalue weighted by molar-refractivity contribution is 14.0. The molecule has 0 atom stereocenters. The van der Waals surface area contributed by atoms with Crippen molar-refractivity contribution in [2.45, 2.75) is 25.7 Å². The molecule has 25 heavy (non-hydrogen) atoms. The normalized spacial score (nSPS) is 19.6. The summed E-state index contributed by atoms with van der Waals surface area (Å²) < 4.78 is 0. The number of hydrogen-bond donors (Lipinski definition) is 1. The molecule has 2 aliphatic rings. The molecule has 0 unspecified atom stereocenters. The zero-order valence-corrected chi connectivity index (χ0v) is 17.5. The molecular weight excluding hydrogens is 425 g/mol. The standard InChI is InChI=1S/C19H31N5.HI/c20-19(24-12-5-2-6-13-24)21-10-7-11-22-14-16-23(17-15-22)18-8-3-1-4-9-18;/h1,3-4,8-9H,2,5-7,10-17H2,(H2,20,21);1H. The molecule has 2 fully saturated rings. The van der Waals surface area contributed by atoms with Gasteiger partial charge >= 0.3 is 0 Å². The van der Waals surface area contributed by atoms with E-state index in [1.165, 1.54) is 24.9 Å². The molecule has 0 aromatic heterocycles. The summed E-state index contributed by atoms with van der Waals surface area (Å²) >= 11 is 0. The SMILES string of the molecule is I.NC(=NCCCN1CCN(c2ccccc2)CC1)N1CCCCC1. The van der Waals surface area contributed by atoms with Crippen molar-refractivity contribution in [1.82, 2.24) is 9.80 Å². The van der Waals surface area contributed by atoms with E-state index in [1.54, 1.807) is 0 Å². The molecular formula is C19H32IN5. The van der Waals surface area contributed by atoms with E-state index in [-0.39, 0.29) is 24.0 Å². The number of aliphatic imine (C=N–C) groups is 1. The smallest absolute Gasteiger partial charge is 0.191 e. The number of anilines is 1. The minimum Gasteiger partial charge on any atom is -0.370 e. The van der Waals surface area contributed by atoms with Crippen LogP contribution in [0.1, 0.15) is 25.7 Å². The Morgan fingerprint density at radius 2 is 1.60 bits per heavy atom. The van der Waals surface area contributed by atoms with Crippen LogP contribution in [0, 0.1) is 0 Å². The van der Waals surface area contributed by atoms with Gasteiger partial charge in [0.2, 0.25) is 0 Å². The predicted molar refractivity (Wildman–Crippen MR) is 117 cm³/mol.